The molecule has 1 aromatic carbocycles. The van der Waals surface area contributed by atoms with E-state index in [1.165, 1.54) is 0 Å². The van der Waals surface area contributed by atoms with Crippen molar-refractivity contribution in [3.05, 3.63) is 30.3 Å². The number of carbonyl (C=O) groups is 1. The van der Waals surface area contributed by atoms with E-state index in [-0.39, 0.29) is 12.1 Å². The summed E-state index contributed by atoms with van der Waals surface area (Å²) in [5.74, 6) is 1.43. The average Bonchev–Trinajstić information content (AvgIpc) is 3.05. The molecule has 0 aromatic heterocycles. The standard InChI is InChI=1S/C19H29N3O3/c1-24-11-5-9-21-10-8-16(13-21)12-20-19(23)22-14-18(15-22)25-17-6-3-2-4-7-17/h2-4,6-7,16,18H,5,8-15H2,1H3,(H,20,23)/t16-/m0/s1. The maximum atomic E-state index is 12.2. The van der Waals surface area contributed by atoms with Gasteiger partial charge in [0, 0.05) is 33.4 Å². The lowest BCUT2D eigenvalue weighted by atomic mass is 10.1. The molecule has 0 unspecified atom stereocenters. The molecule has 25 heavy (non-hydrogen) atoms. The fourth-order valence-corrected chi connectivity index (χ4v) is 3.43. The number of hydrogen-bond acceptors (Lipinski definition) is 4. The van der Waals surface area contributed by atoms with Gasteiger partial charge in [0.25, 0.3) is 0 Å². The quantitative estimate of drug-likeness (QED) is 0.729. The third kappa shape index (κ3) is 5.34. The summed E-state index contributed by atoms with van der Waals surface area (Å²) in [5, 5.41) is 3.08. The zero-order valence-electron chi connectivity index (χ0n) is 15.0. The van der Waals surface area contributed by atoms with Crippen molar-refractivity contribution in [2.75, 3.05) is 53.0 Å². The molecule has 0 radical (unpaired) electrons. The monoisotopic (exact) mass is 347 g/mol. The first-order valence-corrected chi connectivity index (χ1v) is 9.20. The number of nitrogens with zero attached hydrogens (tertiary/aromatic N) is 2. The molecule has 1 N–H and O–H groups in total. The Hall–Kier alpha value is -1.79. The fourth-order valence-electron chi connectivity index (χ4n) is 3.43. The molecular weight excluding hydrogens is 318 g/mol. The van der Waals surface area contributed by atoms with Gasteiger partial charge in [-0.1, -0.05) is 18.2 Å². The Kier molecular flexibility index (Phi) is 6.53. The Morgan fingerprint density at radius 1 is 1.24 bits per heavy atom. The summed E-state index contributed by atoms with van der Waals surface area (Å²) < 4.78 is 10.9. The summed E-state index contributed by atoms with van der Waals surface area (Å²) in [7, 11) is 1.74. The number of ether oxygens (including phenoxy) is 2. The Balaban J connectivity index is 1.28. The van der Waals surface area contributed by atoms with Crippen LogP contribution in [0.3, 0.4) is 0 Å². The second kappa shape index (κ2) is 9.06. The smallest absolute Gasteiger partial charge is 0.317 e. The van der Waals surface area contributed by atoms with E-state index in [0.29, 0.717) is 19.0 Å². The van der Waals surface area contributed by atoms with Gasteiger partial charge >= 0.3 is 6.03 Å². The van der Waals surface area contributed by atoms with E-state index >= 15 is 0 Å². The van der Waals surface area contributed by atoms with Crippen molar-refractivity contribution in [2.45, 2.75) is 18.9 Å². The molecular formula is C19H29N3O3. The lowest BCUT2D eigenvalue weighted by Gasteiger charge is -2.39. The molecule has 6 heteroatoms. The molecule has 0 bridgehead atoms. The van der Waals surface area contributed by atoms with Crippen molar-refractivity contribution in [1.29, 1.82) is 0 Å². The number of hydrogen-bond donors (Lipinski definition) is 1. The van der Waals surface area contributed by atoms with E-state index in [0.717, 1.165) is 51.4 Å². The van der Waals surface area contributed by atoms with Gasteiger partial charge in [-0.05, 0) is 37.4 Å². The highest BCUT2D eigenvalue weighted by Gasteiger charge is 2.32. The Morgan fingerprint density at radius 3 is 2.80 bits per heavy atom. The second-order valence-electron chi connectivity index (χ2n) is 6.95. The van der Waals surface area contributed by atoms with Gasteiger partial charge in [0.2, 0.25) is 0 Å². The minimum atomic E-state index is 0.0331. The number of likely N-dealkylation sites (tertiary alicyclic amines) is 2. The SMILES string of the molecule is COCCCN1CC[C@@H](CNC(=O)N2CC(Oc3ccccc3)C2)C1. The summed E-state index contributed by atoms with van der Waals surface area (Å²) in [6.45, 7) is 6.19. The fraction of sp³-hybridized carbons (Fsp3) is 0.632. The Morgan fingerprint density at radius 2 is 2.04 bits per heavy atom. The van der Waals surface area contributed by atoms with Gasteiger partial charge < -0.3 is 24.6 Å². The molecule has 1 aromatic rings. The number of methoxy groups -OCH3 is 1. The van der Waals surface area contributed by atoms with Gasteiger partial charge in [-0.2, -0.15) is 0 Å². The molecule has 2 heterocycles. The highest BCUT2D eigenvalue weighted by molar-refractivity contribution is 5.75. The molecule has 2 aliphatic heterocycles. The zero-order valence-corrected chi connectivity index (χ0v) is 15.0. The van der Waals surface area contributed by atoms with E-state index in [1.807, 2.05) is 35.2 Å². The minimum absolute atomic E-state index is 0.0331. The van der Waals surface area contributed by atoms with Gasteiger partial charge in [0.05, 0.1) is 13.1 Å². The topological polar surface area (TPSA) is 54.0 Å². The van der Waals surface area contributed by atoms with Crippen LogP contribution in [0.2, 0.25) is 0 Å². The first-order valence-electron chi connectivity index (χ1n) is 9.20. The largest absolute Gasteiger partial charge is 0.487 e. The van der Waals surface area contributed by atoms with E-state index in [4.69, 9.17) is 9.47 Å². The van der Waals surface area contributed by atoms with Crippen LogP contribution in [-0.2, 0) is 4.74 Å². The molecule has 2 fully saturated rings. The number of benzene rings is 1. The normalized spacial score (nSPS) is 21.2. The van der Waals surface area contributed by atoms with Crippen molar-refractivity contribution in [1.82, 2.24) is 15.1 Å². The van der Waals surface area contributed by atoms with Crippen LogP contribution in [0, 0.1) is 5.92 Å². The van der Waals surface area contributed by atoms with Crippen molar-refractivity contribution >= 4 is 6.03 Å². The van der Waals surface area contributed by atoms with Crippen LogP contribution >= 0.6 is 0 Å². The first-order chi connectivity index (χ1) is 12.2. The van der Waals surface area contributed by atoms with E-state index in [9.17, 15) is 4.79 Å². The number of rotatable bonds is 8. The van der Waals surface area contributed by atoms with Crippen molar-refractivity contribution in [3.8, 4) is 5.75 Å². The molecule has 6 nitrogen and oxygen atoms in total. The van der Waals surface area contributed by atoms with Crippen LogP contribution in [0.5, 0.6) is 5.75 Å². The van der Waals surface area contributed by atoms with Gasteiger partial charge in [-0.3, -0.25) is 0 Å². The zero-order chi connectivity index (χ0) is 17.5. The number of carbonyl (C=O) groups excluding carboxylic acids is 1. The summed E-state index contributed by atoms with van der Waals surface area (Å²) in [6.07, 6.45) is 2.34. The first kappa shape index (κ1) is 18.0. The van der Waals surface area contributed by atoms with Gasteiger partial charge in [-0.15, -0.1) is 0 Å². The van der Waals surface area contributed by atoms with Gasteiger partial charge in [0.1, 0.15) is 11.9 Å². The van der Waals surface area contributed by atoms with Gasteiger partial charge in [-0.25, -0.2) is 4.79 Å². The van der Waals surface area contributed by atoms with Crippen molar-refractivity contribution in [2.24, 2.45) is 5.92 Å². The molecule has 0 spiro atoms. The number of nitrogens with one attached hydrogen (secondary N) is 1. The average molecular weight is 347 g/mol. The molecule has 0 saturated carbocycles. The van der Waals surface area contributed by atoms with Crippen LogP contribution in [-0.4, -0.2) is 74.9 Å². The van der Waals surface area contributed by atoms with Crippen LogP contribution in [0.25, 0.3) is 0 Å². The summed E-state index contributed by atoms with van der Waals surface area (Å²) in [5.41, 5.74) is 0. The highest BCUT2D eigenvalue weighted by Crippen LogP contribution is 2.18. The molecule has 138 valence electrons. The number of amides is 2. The number of urea groups is 1. The van der Waals surface area contributed by atoms with Crippen LogP contribution in [0.1, 0.15) is 12.8 Å². The predicted molar refractivity (Wildman–Crippen MR) is 96.9 cm³/mol. The number of para-hydroxylation sites is 1. The predicted octanol–water partition coefficient (Wildman–Crippen LogP) is 1.82. The van der Waals surface area contributed by atoms with Crippen molar-refractivity contribution in [3.63, 3.8) is 0 Å². The third-order valence-corrected chi connectivity index (χ3v) is 4.92. The van der Waals surface area contributed by atoms with E-state index in [1.54, 1.807) is 7.11 Å². The summed E-state index contributed by atoms with van der Waals surface area (Å²) in [4.78, 5) is 16.5. The Bertz CT molecular complexity index is 534. The lowest BCUT2D eigenvalue weighted by molar-refractivity contribution is 0.0442. The molecule has 2 saturated heterocycles. The van der Waals surface area contributed by atoms with Crippen molar-refractivity contribution < 1.29 is 14.3 Å². The van der Waals surface area contributed by atoms with E-state index < -0.39 is 0 Å². The molecule has 3 rings (SSSR count). The van der Waals surface area contributed by atoms with Crippen LogP contribution in [0.4, 0.5) is 4.79 Å². The third-order valence-electron chi connectivity index (χ3n) is 4.92. The lowest BCUT2D eigenvalue weighted by Crippen LogP contribution is -2.59. The van der Waals surface area contributed by atoms with Crippen LogP contribution < -0.4 is 10.1 Å². The van der Waals surface area contributed by atoms with E-state index in [2.05, 4.69) is 10.2 Å². The summed E-state index contributed by atoms with van der Waals surface area (Å²) >= 11 is 0. The highest BCUT2D eigenvalue weighted by atomic mass is 16.5. The summed E-state index contributed by atoms with van der Waals surface area (Å²) in [6, 6.07) is 9.81. The maximum absolute atomic E-state index is 12.2. The molecule has 2 aliphatic rings. The molecule has 1 atom stereocenters. The maximum Gasteiger partial charge on any atom is 0.317 e. The van der Waals surface area contributed by atoms with Gasteiger partial charge in [0.15, 0.2) is 0 Å². The molecule has 0 aliphatic carbocycles. The molecule has 2 amide bonds. The minimum Gasteiger partial charge on any atom is -0.487 e. The Labute approximate surface area is 150 Å². The van der Waals surface area contributed by atoms with Crippen LogP contribution in [0.15, 0.2) is 30.3 Å². The second-order valence-corrected chi connectivity index (χ2v) is 6.95.